The van der Waals surface area contributed by atoms with Gasteiger partial charge in [0.15, 0.2) is 0 Å². The van der Waals surface area contributed by atoms with E-state index in [0.717, 1.165) is 12.0 Å². The molecule has 0 radical (unpaired) electrons. The van der Waals surface area contributed by atoms with Gasteiger partial charge in [-0.25, -0.2) is 4.79 Å². The molecule has 1 rings (SSSR count). The maximum absolute atomic E-state index is 11.7. The van der Waals surface area contributed by atoms with Crippen molar-refractivity contribution in [3.05, 3.63) is 35.4 Å². The minimum absolute atomic E-state index is 0.114. The second-order valence-corrected chi connectivity index (χ2v) is 5.95. The minimum atomic E-state index is -0.494. The lowest BCUT2D eigenvalue weighted by Crippen LogP contribution is -2.44. The second kappa shape index (κ2) is 7.29. The van der Waals surface area contributed by atoms with Crippen LogP contribution in [0.1, 0.15) is 38.8 Å². The lowest BCUT2D eigenvalue weighted by Gasteiger charge is -2.23. The number of hydrogen-bond donors (Lipinski definition) is 2. The molecule has 0 spiro atoms. The van der Waals surface area contributed by atoms with E-state index in [1.807, 2.05) is 20.8 Å². The number of alkyl carbamates (subject to hydrolysis) is 1. The van der Waals surface area contributed by atoms with E-state index in [1.165, 1.54) is 5.56 Å². The molecule has 1 unspecified atom stereocenters. The Kier molecular flexibility index (Phi) is 6.02. The summed E-state index contributed by atoms with van der Waals surface area (Å²) in [6, 6.07) is 8.26. The van der Waals surface area contributed by atoms with Crippen LogP contribution in [0.25, 0.3) is 0 Å². The number of rotatable bonds is 5. The van der Waals surface area contributed by atoms with Crippen LogP contribution < -0.4 is 11.1 Å². The van der Waals surface area contributed by atoms with Crippen LogP contribution in [0.15, 0.2) is 24.3 Å². The first-order valence-electron chi connectivity index (χ1n) is 7.11. The molecule has 0 saturated carbocycles. The Morgan fingerprint density at radius 1 is 1.25 bits per heavy atom. The van der Waals surface area contributed by atoms with Crippen LogP contribution in [-0.4, -0.2) is 24.3 Å². The molecule has 20 heavy (non-hydrogen) atoms. The molecular formula is C16H26N2O2. The lowest BCUT2D eigenvalue weighted by molar-refractivity contribution is 0.0506. The molecule has 0 saturated heterocycles. The van der Waals surface area contributed by atoms with Crippen LogP contribution in [0.3, 0.4) is 0 Å². The van der Waals surface area contributed by atoms with Gasteiger partial charge in [0, 0.05) is 12.6 Å². The van der Waals surface area contributed by atoms with Gasteiger partial charge in [0.05, 0.1) is 0 Å². The average Bonchev–Trinajstić information content (AvgIpc) is 2.36. The highest BCUT2D eigenvalue weighted by atomic mass is 16.6. The quantitative estimate of drug-likeness (QED) is 0.870. The largest absolute Gasteiger partial charge is 0.444 e. The van der Waals surface area contributed by atoms with Gasteiger partial charge in [-0.2, -0.15) is 0 Å². The Labute approximate surface area is 121 Å². The molecule has 0 aliphatic carbocycles. The molecule has 4 nitrogen and oxygen atoms in total. The molecule has 0 heterocycles. The zero-order valence-electron chi connectivity index (χ0n) is 12.9. The van der Waals surface area contributed by atoms with Crippen molar-refractivity contribution in [1.82, 2.24) is 5.32 Å². The molecule has 3 N–H and O–H groups in total. The fraction of sp³-hybridized carbons (Fsp3) is 0.562. The molecule has 0 aliphatic rings. The fourth-order valence-electron chi connectivity index (χ4n) is 1.86. The third-order valence-corrected chi connectivity index (χ3v) is 2.92. The Balaban J connectivity index is 2.55. The monoisotopic (exact) mass is 278 g/mol. The van der Waals surface area contributed by atoms with E-state index in [2.05, 4.69) is 36.5 Å². The predicted octanol–water partition coefficient (Wildman–Crippen LogP) is 2.64. The first-order valence-corrected chi connectivity index (χ1v) is 7.11. The van der Waals surface area contributed by atoms with Crippen LogP contribution in [0.2, 0.25) is 0 Å². The predicted molar refractivity (Wildman–Crippen MR) is 81.7 cm³/mol. The van der Waals surface area contributed by atoms with Gasteiger partial charge in [0.2, 0.25) is 0 Å². The van der Waals surface area contributed by atoms with Crippen LogP contribution in [0.4, 0.5) is 4.79 Å². The fourth-order valence-corrected chi connectivity index (χ4v) is 1.86. The highest BCUT2D eigenvalue weighted by Crippen LogP contribution is 2.09. The minimum Gasteiger partial charge on any atom is -0.444 e. The smallest absolute Gasteiger partial charge is 0.407 e. The highest BCUT2D eigenvalue weighted by molar-refractivity contribution is 5.68. The molecule has 1 atom stereocenters. The summed E-state index contributed by atoms with van der Waals surface area (Å²) in [7, 11) is 0. The maximum atomic E-state index is 11.7. The molecule has 1 aromatic rings. The van der Waals surface area contributed by atoms with Gasteiger partial charge in [0.25, 0.3) is 0 Å². The number of benzene rings is 1. The molecule has 4 heteroatoms. The molecule has 1 amide bonds. The van der Waals surface area contributed by atoms with Gasteiger partial charge >= 0.3 is 6.09 Å². The number of nitrogens with one attached hydrogen (secondary N) is 1. The second-order valence-electron chi connectivity index (χ2n) is 5.95. The summed E-state index contributed by atoms with van der Waals surface area (Å²) in [5, 5.41) is 2.81. The first-order chi connectivity index (χ1) is 9.34. The Hall–Kier alpha value is -1.55. The summed E-state index contributed by atoms with van der Waals surface area (Å²) >= 11 is 0. The van der Waals surface area contributed by atoms with Gasteiger partial charge in [-0.15, -0.1) is 0 Å². The summed E-state index contributed by atoms with van der Waals surface area (Å²) in [5.74, 6) is 0. The molecule has 0 fully saturated rings. The number of ether oxygens (including phenoxy) is 1. The molecule has 0 aliphatic heterocycles. The van der Waals surface area contributed by atoms with E-state index in [-0.39, 0.29) is 6.04 Å². The van der Waals surface area contributed by atoms with E-state index < -0.39 is 11.7 Å². The molecule has 0 aromatic heterocycles. The normalized spacial score (nSPS) is 12.8. The summed E-state index contributed by atoms with van der Waals surface area (Å²) in [5.41, 5.74) is 7.69. The first kappa shape index (κ1) is 16.5. The van der Waals surface area contributed by atoms with Crippen LogP contribution in [0, 0.1) is 0 Å². The van der Waals surface area contributed by atoms with Crippen molar-refractivity contribution in [2.45, 2.75) is 52.2 Å². The molecular weight excluding hydrogens is 252 g/mol. The Morgan fingerprint density at radius 2 is 1.80 bits per heavy atom. The van der Waals surface area contributed by atoms with E-state index >= 15 is 0 Å². The number of hydrogen-bond acceptors (Lipinski definition) is 3. The number of amides is 1. The summed E-state index contributed by atoms with van der Waals surface area (Å²) in [4.78, 5) is 11.7. The summed E-state index contributed by atoms with van der Waals surface area (Å²) in [6.07, 6.45) is 1.31. The van der Waals surface area contributed by atoms with Crippen molar-refractivity contribution in [3.63, 3.8) is 0 Å². The van der Waals surface area contributed by atoms with Gasteiger partial charge in [0.1, 0.15) is 5.60 Å². The number of nitrogens with two attached hydrogens (primary N) is 1. The van der Waals surface area contributed by atoms with E-state index in [1.54, 1.807) is 0 Å². The Bertz CT molecular complexity index is 421. The summed E-state index contributed by atoms with van der Waals surface area (Å²) in [6.45, 7) is 8.03. The van der Waals surface area contributed by atoms with Crippen LogP contribution >= 0.6 is 0 Å². The van der Waals surface area contributed by atoms with Crippen LogP contribution in [-0.2, 0) is 17.6 Å². The number of carbonyl (C=O) groups excluding carboxylic acids is 1. The van der Waals surface area contributed by atoms with Crippen molar-refractivity contribution in [1.29, 1.82) is 0 Å². The van der Waals surface area contributed by atoms with Crippen molar-refractivity contribution in [3.8, 4) is 0 Å². The van der Waals surface area contributed by atoms with Gasteiger partial charge < -0.3 is 15.8 Å². The highest BCUT2D eigenvalue weighted by Gasteiger charge is 2.19. The van der Waals surface area contributed by atoms with Gasteiger partial charge in [-0.05, 0) is 44.7 Å². The SMILES string of the molecule is CCc1ccc(CC(CN)NC(=O)OC(C)(C)C)cc1. The maximum Gasteiger partial charge on any atom is 0.407 e. The van der Waals surface area contributed by atoms with Crippen molar-refractivity contribution < 1.29 is 9.53 Å². The third kappa shape index (κ3) is 6.06. The average molecular weight is 278 g/mol. The zero-order valence-corrected chi connectivity index (χ0v) is 12.9. The van der Waals surface area contributed by atoms with Crippen LogP contribution in [0.5, 0.6) is 0 Å². The number of carbonyl (C=O) groups is 1. The van der Waals surface area contributed by atoms with E-state index in [9.17, 15) is 4.79 Å². The molecule has 112 valence electrons. The third-order valence-electron chi connectivity index (χ3n) is 2.92. The molecule has 1 aromatic carbocycles. The standard InChI is InChI=1S/C16H26N2O2/c1-5-12-6-8-13(9-7-12)10-14(11-17)18-15(19)20-16(2,3)4/h6-9,14H,5,10-11,17H2,1-4H3,(H,18,19). The Morgan fingerprint density at radius 3 is 2.25 bits per heavy atom. The van der Waals surface area contributed by atoms with Crippen molar-refractivity contribution in [2.24, 2.45) is 5.73 Å². The van der Waals surface area contributed by atoms with Crippen molar-refractivity contribution >= 4 is 6.09 Å². The van der Waals surface area contributed by atoms with E-state index in [0.29, 0.717) is 13.0 Å². The summed E-state index contributed by atoms with van der Waals surface area (Å²) < 4.78 is 5.24. The zero-order chi connectivity index (χ0) is 15.2. The topological polar surface area (TPSA) is 64.3 Å². The van der Waals surface area contributed by atoms with Crippen molar-refractivity contribution in [2.75, 3.05) is 6.54 Å². The van der Waals surface area contributed by atoms with Gasteiger partial charge in [-0.3, -0.25) is 0 Å². The molecule has 0 bridgehead atoms. The van der Waals surface area contributed by atoms with E-state index in [4.69, 9.17) is 10.5 Å². The lowest BCUT2D eigenvalue weighted by atomic mass is 10.0. The number of aryl methyl sites for hydroxylation is 1. The van der Waals surface area contributed by atoms with Gasteiger partial charge in [-0.1, -0.05) is 31.2 Å².